The van der Waals surface area contributed by atoms with E-state index in [2.05, 4.69) is 5.32 Å². The van der Waals surface area contributed by atoms with E-state index in [1.54, 1.807) is 13.1 Å². The van der Waals surface area contributed by atoms with Gasteiger partial charge < -0.3 is 19.9 Å². The molecule has 0 bridgehead atoms. The number of carbonyl (C=O) groups excluding carboxylic acids is 1. The monoisotopic (exact) mass is 418 g/mol. The summed E-state index contributed by atoms with van der Waals surface area (Å²) in [5, 5.41) is 15.2. The Morgan fingerprint density at radius 1 is 1.03 bits per heavy atom. The van der Waals surface area contributed by atoms with E-state index in [9.17, 15) is 14.7 Å². The van der Waals surface area contributed by atoms with Crippen molar-refractivity contribution in [2.24, 2.45) is 0 Å². The van der Waals surface area contributed by atoms with Crippen LogP contribution >= 0.6 is 0 Å². The first-order valence-corrected chi connectivity index (χ1v) is 9.73. The number of nitrogens with zero attached hydrogens (tertiary/aromatic N) is 1. The second kappa shape index (κ2) is 8.02. The van der Waals surface area contributed by atoms with Gasteiger partial charge in [0.1, 0.15) is 0 Å². The maximum atomic E-state index is 13.3. The molecule has 1 heterocycles. The molecule has 7 nitrogen and oxygen atoms in total. The lowest BCUT2D eigenvalue weighted by molar-refractivity contribution is 0.102. The van der Waals surface area contributed by atoms with Gasteiger partial charge in [-0.15, -0.1) is 0 Å². The summed E-state index contributed by atoms with van der Waals surface area (Å²) < 4.78 is 10.6. The number of hydrogen-bond acceptors (Lipinski definition) is 5. The Balaban J connectivity index is 1.76. The molecule has 1 atom stereocenters. The van der Waals surface area contributed by atoms with E-state index >= 15 is 0 Å². The Kier molecular flexibility index (Phi) is 5.25. The molecule has 2 N–H and O–H groups in total. The molecule has 0 radical (unpaired) electrons. The Hall–Kier alpha value is -4.00. The van der Waals surface area contributed by atoms with Crippen LogP contribution in [0.25, 0.3) is 10.8 Å². The van der Waals surface area contributed by atoms with E-state index in [1.807, 2.05) is 42.5 Å². The second-order valence-corrected chi connectivity index (χ2v) is 7.19. The number of benzene rings is 3. The number of rotatable bonds is 4. The lowest BCUT2D eigenvalue weighted by atomic mass is 9.90. The lowest BCUT2D eigenvalue weighted by Crippen LogP contribution is -2.45. The van der Waals surface area contributed by atoms with Gasteiger partial charge in [0.15, 0.2) is 17.3 Å². The number of carboxylic acid groups (broad SMARTS) is 1. The van der Waals surface area contributed by atoms with Crippen LogP contribution in [-0.2, 0) is 0 Å². The van der Waals surface area contributed by atoms with Crippen molar-refractivity contribution in [1.29, 1.82) is 0 Å². The quantitative estimate of drug-likeness (QED) is 0.585. The minimum absolute atomic E-state index is 0.240. The highest BCUT2D eigenvalue weighted by Crippen LogP contribution is 2.41. The minimum atomic E-state index is -1.16. The fourth-order valence-electron chi connectivity index (χ4n) is 3.84. The summed E-state index contributed by atoms with van der Waals surface area (Å²) in [6.07, 6.45) is 0.414. The van der Waals surface area contributed by atoms with E-state index in [0.29, 0.717) is 17.1 Å². The van der Waals surface area contributed by atoms with Gasteiger partial charge in [-0.1, -0.05) is 30.3 Å². The summed E-state index contributed by atoms with van der Waals surface area (Å²) in [5.41, 5.74) is 1.64. The van der Waals surface area contributed by atoms with E-state index < -0.39 is 12.1 Å². The van der Waals surface area contributed by atoms with E-state index in [0.717, 1.165) is 21.4 Å². The number of nitrogens with one attached hydrogen (secondary N) is 1. The molecule has 1 unspecified atom stereocenters. The number of anilines is 2. The Labute approximate surface area is 179 Å². The van der Waals surface area contributed by atoms with Gasteiger partial charge in [-0.3, -0.25) is 9.69 Å². The summed E-state index contributed by atoms with van der Waals surface area (Å²) in [4.78, 5) is 26.5. The zero-order valence-corrected chi connectivity index (χ0v) is 17.4. The SMILES string of the molecule is COc1cc2c(cc1OC)N(C(=O)O)C(C)C(=CNc1ccc3ccccc3c1)C2=O. The van der Waals surface area contributed by atoms with Crippen molar-refractivity contribution in [3.63, 3.8) is 0 Å². The van der Waals surface area contributed by atoms with Crippen molar-refractivity contribution in [3.05, 3.63) is 71.9 Å². The van der Waals surface area contributed by atoms with Crippen LogP contribution in [0.3, 0.4) is 0 Å². The molecule has 31 heavy (non-hydrogen) atoms. The van der Waals surface area contributed by atoms with E-state index in [4.69, 9.17) is 9.47 Å². The van der Waals surface area contributed by atoms with Gasteiger partial charge in [0.25, 0.3) is 0 Å². The number of ketones is 1. The highest BCUT2D eigenvalue weighted by Gasteiger charge is 2.38. The van der Waals surface area contributed by atoms with Crippen LogP contribution in [0, 0.1) is 0 Å². The highest BCUT2D eigenvalue weighted by atomic mass is 16.5. The van der Waals surface area contributed by atoms with Crippen molar-refractivity contribution >= 4 is 34.0 Å². The summed E-state index contributed by atoms with van der Waals surface area (Å²) >= 11 is 0. The third-order valence-corrected chi connectivity index (χ3v) is 5.46. The molecule has 7 heteroatoms. The molecule has 0 saturated carbocycles. The van der Waals surface area contributed by atoms with Crippen molar-refractivity contribution < 1.29 is 24.2 Å². The number of methoxy groups -OCH3 is 2. The molecule has 158 valence electrons. The van der Waals surface area contributed by atoms with Crippen molar-refractivity contribution in [2.75, 3.05) is 24.4 Å². The number of Topliss-reactive ketones (excluding diaryl/α,β-unsaturated/α-hetero) is 1. The highest BCUT2D eigenvalue weighted by molar-refractivity contribution is 6.18. The maximum Gasteiger partial charge on any atom is 0.412 e. The summed E-state index contributed by atoms with van der Waals surface area (Å²) in [5.74, 6) is 0.444. The molecule has 1 aliphatic heterocycles. The molecule has 0 saturated heterocycles. The standard InChI is InChI=1S/C24H22N2O5/c1-14-19(13-25-17-9-8-15-6-4-5-7-16(15)10-17)23(27)18-11-21(30-2)22(31-3)12-20(18)26(14)24(28)29/h4-14,25H,1-3H3,(H,28,29). The van der Waals surface area contributed by atoms with E-state index in [1.165, 1.54) is 26.4 Å². The van der Waals surface area contributed by atoms with Gasteiger partial charge in [0.2, 0.25) is 0 Å². The van der Waals surface area contributed by atoms with E-state index in [-0.39, 0.29) is 17.0 Å². The Morgan fingerprint density at radius 2 is 1.71 bits per heavy atom. The third kappa shape index (κ3) is 3.54. The van der Waals surface area contributed by atoms with Gasteiger partial charge in [-0.25, -0.2) is 4.79 Å². The minimum Gasteiger partial charge on any atom is -0.493 e. The zero-order valence-electron chi connectivity index (χ0n) is 17.4. The van der Waals surface area contributed by atoms with Crippen LogP contribution < -0.4 is 19.7 Å². The molecule has 3 aromatic rings. The van der Waals surface area contributed by atoms with Crippen LogP contribution in [0.1, 0.15) is 17.3 Å². The van der Waals surface area contributed by atoms with Crippen molar-refractivity contribution in [2.45, 2.75) is 13.0 Å². The third-order valence-electron chi connectivity index (χ3n) is 5.46. The first-order valence-electron chi connectivity index (χ1n) is 9.73. The molecular formula is C24H22N2O5. The summed E-state index contributed by atoms with van der Waals surface area (Å²) in [7, 11) is 2.93. The van der Waals surface area contributed by atoms with Gasteiger partial charge in [-0.2, -0.15) is 0 Å². The fourth-order valence-corrected chi connectivity index (χ4v) is 3.84. The molecule has 0 fully saturated rings. The lowest BCUT2D eigenvalue weighted by Gasteiger charge is -2.34. The summed E-state index contributed by atoms with van der Waals surface area (Å²) in [6.45, 7) is 1.68. The predicted octanol–water partition coefficient (Wildman–Crippen LogP) is 4.92. The van der Waals surface area contributed by atoms with Crippen molar-refractivity contribution in [1.82, 2.24) is 0 Å². The van der Waals surface area contributed by atoms with Crippen LogP contribution in [0.4, 0.5) is 16.2 Å². The van der Waals surface area contributed by atoms with Gasteiger partial charge in [-0.05, 0) is 35.9 Å². The molecule has 4 rings (SSSR count). The van der Waals surface area contributed by atoms with Gasteiger partial charge in [0, 0.05) is 23.5 Å². The first-order chi connectivity index (χ1) is 14.9. The normalized spacial score (nSPS) is 16.9. The molecule has 0 spiro atoms. The van der Waals surface area contributed by atoms with Crippen LogP contribution in [0.2, 0.25) is 0 Å². The van der Waals surface area contributed by atoms with Crippen LogP contribution in [0.15, 0.2) is 66.4 Å². The van der Waals surface area contributed by atoms with Crippen LogP contribution in [0.5, 0.6) is 11.5 Å². The molecule has 0 aliphatic carbocycles. The number of fused-ring (bicyclic) bond motifs is 2. The maximum absolute atomic E-state index is 13.3. The number of carbonyl (C=O) groups is 2. The molecular weight excluding hydrogens is 396 g/mol. The molecule has 0 aromatic heterocycles. The Morgan fingerprint density at radius 3 is 2.39 bits per heavy atom. The number of ether oxygens (including phenoxy) is 2. The van der Waals surface area contributed by atoms with Gasteiger partial charge in [0.05, 0.1) is 31.5 Å². The smallest absolute Gasteiger partial charge is 0.412 e. The van der Waals surface area contributed by atoms with Crippen molar-refractivity contribution in [3.8, 4) is 11.5 Å². The fraction of sp³-hybridized carbons (Fsp3) is 0.167. The first kappa shape index (κ1) is 20.3. The average Bonchev–Trinajstić information content (AvgIpc) is 2.77. The predicted molar refractivity (Wildman–Crippen MR) is 119 cm³/mol. The topological polar surface area (TPSA) is 88.1 Å². The van der Waals surface area contributed by atoms with Gasteiger partial charge >= 0.3 is 6.09 Å². The number of amides is 1. The van der Waals surface area contributed by atoms with Crippen LogP contribution in [-0.4, -0.2) is 37.2 Å². The molecule has 1 amide bonds. The zero-order chi connectivity index (χ0) is 22.1. The Bertz CT molecular complexity index is 1220. The average molecular weight is 418 g/mol. The second-order valence-electron chi connectivity index (χ2n) is 7.19. The molecule has 3 aromatic carbocycles. The molecule has 1 aliphatic rings. The largest absolute Gasteiger partial charge is 0.493 e. The summed E-state index contributed by atoms with van der Waals surface area (Å²) in [6, 6.07) is 16.2. The number of hydrogen-bond donors (Lipinski definition) is 2.